The van der Waals surface area contributed by atoms with Crippen molar-refractivity contribution in [2.45, 2.75) is 38.6 Å². The number of nitrogens with one attached hydrogen (secondary N) is 1. The predicted molar refractivity (Wildman–Crippen MR) is 91.2 cm³/mol. The lowest BCUT2D eigenvalue weighted by atomic mass is 9.88. The van der Waals surface area contributed by atoms with Gasteiger partial charge in [0.25, 0.3) is 0 Å². The maximum Gasteiger partial charge on any atom is 0.317 e. The van der Waals surface area contributed by atoms with Crippen LogP contribution in [0, 0.1) is 5.92 Å². The van der Waals surface area contributed by atoms with E-state index >= 15 is 0 Å². The van der Waals surface area contributed by atoms with Crippen molar-refractivity contribution >= 4 is 11.9 Å². The van der Waals surface area contributed by atoms with Crippen molar-refractivity contribution in [3.63, 3.8) is 0 Å². The number of pyridine rings is 1. The first-order valence-corrected chi connectivity index (χ1v) is 8.94. The molecule has 0 unspecified atom stereocenters. The Morgan fingerprint density at radius 1 is 1.00 bits per heavy atom. The van der Waals surface area contributed by atoms with E-state index in [-0.39, 0.29) is 11.9 Å². The lowest BCUT2D eigenvalue weighted by Crippen LogP contribution is -2.54. The van der Waals surface area contributed by atoms with E-state index in [4.69, 9.17) is 0 Å². The number of nitrogens with zero attached hydrogens (tertiary/aromatic N) is 3. The molecule has 0 bridgehead atoms. The highest BCUT2D eigenvalue weighted by atomic mass is 16.2. The minimum atomic E-state index is -0.0587. The first-order valence-electron chi connectivity index (χ1n) is 8.94. The SMILES string of the molecule is O=C(NCc1ccncc1)N1CCN(C(=O)C2CCCCC2)CC1. The monoisotopic (exact) mass is 330 g/mol. The summed E-state index contributed by atoms with van der Waals surface area (Å²) < 4.78 is 0. The zero-order valence-electron chi connectivity index (χ0n) is 14.1. The van der Waals surface area contributed by atoms with Gasteiger partial charge in [-0.2, -0.15) is 0 Å². The molecule has 6 nitrogen and oxygen atoms in total. The standard InChI is InChI=1S/C18H26N4O2/c23-17(16-4-2-1-3-5-16)21-10-12-22(13-11-21)18(24)20-14-15-6-8-19-9-7-15/h6-9,16H,1-5,10-14H2,(H,20,24). The lowest BCUT2D eigenvalue weighted by molar-refractivity contribution is -0.138. The van der Waals surface area contributed by atoms with Crippen LogP contribution in [-0.2, 0) is 11.3 Å². The molecule has 1 aliphatic heterocycles. The van der Waals surface area contributed by atoms with Gasteiger partial charge in [-0.15, -0.1) is 0 Å². The van der Waals surface area contributed by atoms with E-state index < -0.39 is 0 Å². The number of carbonyl (C=O) groups excluding carboxylic acids is 2. The van der Waals surface area contributed by atoms with E-state index in [1.54, 1.807) is 17.3 Å². The fraction of sp³-hybridized carbons (Fsp3) is 0.611. The van der Waals surface area contributed by atoms with Gasteiger partial charge >= 0.3 is 6.03 Å². The van der Waals surface area contributed by atoms with Crippen molar-refractivity contribution in [3.8, 4) is 0 Å². The predicted octanol–water partition coefficient (Wildman–Crippen LogP) is 2.02. The highest BCUT2D eigenvalue weighted by Gasteiger charge is 2.29. The third kappa shape index (κ3) is 4.24. The normalized spacial score (nSPS) is 19.2. The van der Waals surface area contributed by atoms with E-state index in [0.29, 0.717) is 38.6 Å². The number of urea groups is 1. The van der Waals surface area contributed by atoms with Crippen LogP contribution in [0.2, 0.25) is 0 Å². The Hall–Kier alpha value is -2.11. The van der Waals surface area contributed by atoms with Gasteiger partial charge in [0, 0.05) is 51.0 Å². The van der Waals surface area contributed by atoms with Crippen LogP contribution in [-0.4, -0.2) is 52.9 Å². The van der Waals surface area contributed by atoms with Gasteiger partial charge in [-0.3, -0.25) is 9.78 Å². The maximum absolute atomic E-state index is 12.5. The minimum absolute atomic E-state index is 0.0587. The van der Waals surface area contributed by atoms with Gasteiger partial charge in [0.2, 0.25) is 5.91 Å². The Kier molecular flexibility index (Phi) is 5.67. The van der Waals surface area contributed by atoms with Gasteiger partial charge in [0.1, 0.15) is 0 Å². The molecule has 3 rings (SSSR count). The van der Waals surface area contributed by atoms with Crippen molar-refractivity contribution in [3.05, 3.63) is 30.1 Å². The molecule has 6 heteroatoms. The fourth-order valence-corrected chi connectivity index (χ4v) is 3.53. The molecule has 1 aliphatic carbocycles. The lowest BCUT2D eigenvalue weighted by Gasteiger charge is -2.37. The molecule has 0 spiro atoms. The Bertz CT molecular complexity index is 549. The summed E-state index contributed by atoms with van der Waals surface area (Å²) in [5, 5.41) is 2.93. The molecule has 1 aromatic rings. The number of amides is 3. The highest BCUT2D eigenvalue weighted by molar-refractivity contribution is 5.79. The summed E-state index contributed by atoms with van der Waals surface area (Å²) in [7, 11) is 0. The van der Waals surface area contributed by atoms with Crippen molar-refractivity contribution in [1.29, 1.82) is 0 Å². The second-order valence-electron chi connectivity index (χ2n) is 6.66. The fourth-order valence-electron chi connectivity index (χ4n) is 3.53. The first-order chi connectivity index (χ1) is 11.7. The number of hydrogen-bond donors (Lipinski definition) is 1. The molecular formula is C18H26N4O2. The first kappa shape index (κ1) is 16.7. The van der Waals surface area contributed by atoms with E-state index in [2.05, 4.69) is 10.3 Å². The molecule has 0 aromatic carbocycles. The molecule has 2 fully saturated rings. The Balaban J connectivity index is 1.42. The second-order valence-corrected chi connectivity index (χ2v) is 6.66. The van der Waals surface area contributed by atoms with Gasteiger partial charge in [0.05, 0.1) is 0 Å². The van der Waals surface area contributed by atoms with E-state index in [9.17, 15) is 9.59 Å². The van der Waals surface area contributed by atoms with Crippen LogP contribution < -0.4 is 5.32 Å². The van der Waals surface area contributed by atoms with Crippen molar-refractivity contribution < 1.29 is 9.59 Å². The number of aromatic nitrogens is 1. The zero-order chi connectivity index (χ0) is 16.8. The van der Waals surface area contributed by atoms with E-state index in [0.717, 1.165) is 18.4 Å². The van der Waals surface area contributed by atoms with Gasteiger partial charge in [0.15, 0.2) is 0 Å². The van der Waals surface area contributed by atoms with Crippen molar-refractivity contribution in [2.75, 3.05) is 26.2 Å². The molecule has 130 valence electrons. The Morgan fingerprint density at radius 3 is 2.29 bits per heavy atom. The smallest absolute Gasteiger partial charge is 0.317 e. The number of carbonyl (C=O) groups is 2. The van der Waals surface area contributed by atoms with Crippen molar-refractivity contribution in [1.82, 2.24) is 20.1 Å². The van der Waals surface area contributed by atoms with Gasteiger partial charge < -0.3 is 15.1 Å². The van der Waals surface area contributed by atoms with Crippen LogP contribution in [0.15, 0.2) is 24.5 Å². The van der Waals surface area contributed by atoms with Crippen LogP contribution in [0.5, 0.6) is 0 Å². The van der Waals surface area contributed by atoms with Crippen LogP contribution >= 0.6 is 0 Å². The molecule has 3 amide bonds. The van der Waals surface area contributed by atoms with Crippen LogP contribution in [0.25, 0.3) is 0 Å². The third-order valence-corrected chi connectivity index (χ3v) is 5.03. The largest absolute Gasteiger partial charge is 0.339 e. The average Bonchev–Trinajstić information content (AvgIpc) is 2.67. The second kappa shape index (κ2) is 8.13. The molecule has 2 aliphatic rings. The molecule has 0 atom stereocenters. The molecule has 24 heavy (non-hydrogen) atoms. The Labute approximate surface area is 143 Å². The topological polar surface area (TPSA) is 65.5 Å². The van der Waals surface area contributed by atoms with Gasteiger partial charge in [-0.25, -0.2) is 4.79 Å². The average molecular weight is 330 g/mol. The maximum atomic E-state index is 12.5. The van der Waals surface area contributed by atoms with E-state index in [1.807, 2.05) is 17.0 Å². The molecule has 0 radical (unpaired) electrons. The summed E-state index contributed by atoms with van der Waals surface area (Å²) in [6.45, 7) is 3.03. The van der Waals surface area contributed by atoms with Crippen LogP contribution in [0.1, 0.15) is 37.7 Å². The summed E-state index contributed by atoms with van der Waals surface area (Å²) in [6.07, 6.45) is 9.11. The van der Waals surface area contributed by atoms with Gasteiger partial charge in [-0.05, 0) is 30.5 Å². The van der Waals surface area contributed by atoms with Crippen molar-refractivity contribution in [2.24, 2.45) is 5.92 Å². The summed E-state index contributed by atoms with van der Waals surface area (Å²) in [5.74, 6) is 0.511. The summed E-state index contributed by atoms with van der Waals surface area (Å²) in [4.78, 5) is 32.5. The number of hydrogen-bond acceptors (Lipinski definition) is 3. The van der Waals surface area contributed by atoms with E-state index in [1.165, 1.54) is 19.3 Å². The zero-order valence-corrected chi connectivity index (χ0v) is 14.1. The van der Waals surface area contributed by atoms with Crippen LogP contribution in [0.4, 0.5) is 4.79 Å². The number of rotatable bonds is 3. The molecular weight excluding hydrogens is 304 g/mol. The highest BCUT2D eigenvalue weighted by Crippen LogP contribution is 2.25. The van der Waals surface area contributed by atoms with Gasteiger partial charge in [-0.1, -0.05) is 19.3 Å². The minimum Gasteiger partial charge on any atom is -0.339 e. The molecule has 1 N–H and O–H groups in total. The van der Waals surface area contributed by atoms with Crippen LogP contribution in [0.3, 0.4) is 0 Å². The number of piperazine rings is 1. The molecule has 1 aromatic heterocycles. The summed E-state index contributed by atoms with van der Waals surface area (Å²) >= 11 is 0. The Morgan fingerprint density at radius 2 is 1.62 bits per heavy atom. The third-order valence-electron chi connectivity index (χ3n) is 5.03. The quantitative estimate of drug-likeness (QED) is 0.922. The summed E-state index contributed by atoms with van der Waals surface area (Å²) in [5.41, 5.74) is 1.03. The molecule has 2 heterocycles. The molecule has 1 saturated heterocycles. The summed E-state index contributed by atoms with van der Waals surface area (Å²) in [6, 6.07) is 3.72. The molecule has 1 saturated carbocycles.